The van der Waals surface area contributed by atoms with Crippen LogP contribution in [0.15, 0.2) is 40.7 Å². The molecule has 1 aliphatic rings. The fourth-order valence-electron chi connectivity index (χ4n) is 3.84. The average Bonchev–Trinajstić information content (AvgIpc) is 3.52. The summed E-state index contributed by atoms with van der Waals surface area (Å²) in [6.07, 6.45) is 1.73. The molecule has 0 radical (unpaired) electrons. The number of aliphatic hydroxyl groups is 1. The lowest BCUT2D eigenvalue weighted by Crippen LogP contribution is -2.40. The summed E-state index contributed by atoms with van der Waals surface area (Å²) in [5.41, 5.74) is 0.679. The number of benzene rings is 1. The third-order valence-corrected chi connectivity index (χ3v) is 6.45. The van der Waals surface area contributed by atoms with Crippen LogP contribution in [0, 0.1) is 0 Å². The number of methoxy groups -OCH3 is 2. The first-order chi connectivity index (χ1) is 15.2. The van der Waals surface area contributed by atoms with E-state index in [-0.39, 0.29) is 0 Å². The highest BCUT2D eigenvalue weighted by atomic mass is 32.1. The van der Waals surface area contributed by atoms with Crippen LogP contribution in [0.5, 0.6) is 11.5 Å². The summed E-state index contributed by atoms with van der Waals surface area (Å²) in [6, 6.07) is 10.0. The Labute approximate surface area is 189 Å². The second-order valence-electron chi connectivity index (χ2n) is 7.50. The molecule has 2 aromatic rings. The predicted molar refractivity (Wildman–Crippen MR) is 126 cm³/mol. The second kappa shape index (κ2) is 11.9. The molecule has 0 amide bonds. The molecule has 1 aromatic carbocycles. The molecule has 1 aliphatic heterocycles. The lowest BCUT2D eigenvalue weighted by atomic mass is 10.1. The Morgan fingerprint density at radius 2 is 2.00 bits per heavy atom. The zero-order valence-corrected chi connectivity index (χ0v) is 19.5. The van der Waals surface area contributed by atoms with Crippen molar-refractivity contribution in [2.24, 2.45) is 4.99 Å². The van der Waals surface area contributed by atoms with Gasteiger partial charge in [0.15, 0.2) is 5.96 Å². The van der Waals surface area contributed by atoms with Crippen molar-refractivity contribution in [1.29, 1.82) is 0 Å². The number of nitrogens with one attached hydrogen (secondary N) is 2. The Morgan fingerprint density at radius 3 is 2.65 bits per heavy atom. The molecular weight excluding hydrogens is 412 g/mol. The lowest BCUT2D eigenvalue weighted by Gasteiger charge is -2.25. The van der Waals surface area contributed by atoms with Gasteiger partial charge in [-0.05, 0) is 62.5 Å². The molecule has 31 heavy (non-hydrogen) atoms. The van der Waals surface area contributed by atoms with E-state index in [9.17, 15) is 5.11 Å². The van der Waals surface area contributed by atoms with E-state index in [1.54, 1.807) is 37.7 Å². The number of rotatable bonds is 10. The molecule has 3 rings (SSSR count). The van der Waals surface area contributed by atoms with Gasteiger partial charge in [0.2, 0.25) is 0 Å². The molecule has 2 unspecified atom stereocenters. The number of hydrogen-bond donors (Lipinski definition) is 3. The van der Waals surface area contributed by atoms with Gasteiger partial charge in [0, 0.05) is 23.5 Å². The van der Waals surface area contributed by atoms with Crippen molar-refractivity contribution in [3.8, 4) is 11.5 Å². The quantitative estimate of drug-likeness (QED) is 0.384. The number of thiophene rings is 1. The molecule has 8 heteroatoms. The molecule has 1 fully saturated rings. The monoisotopic (exact) mass is 446 g/mol. The Morgan fingerprint density at radius 1 is 1.19 bits per heavy atom. The van der Waals surface area contributed by atoms with Crippen LogP contribution in [0.2, 0.25) is 0 Å². The summed E-state index contributed by atoms with van der Waals surface area (Å²) < 4.78 is 10.7. The van der Waals surface area contributed by atoms with Crippen LogP contribution in [0.4, 0.5) is 0 Å². The summed E-state index contributed by atoms with van der Waals surface area (Å²) in [6.45, 7) is 6.01. The van der Waals surface area contributed by atoms with Gasteiger partial charge in [-0.1, -0.05) is 6.07 Å². The van der Waals surface area contributed by atoms with Crippen LogP contribution < -0.4 is 20.1 Å². The maximum absolute atomic E-state index is 10.8. The van der Waals surface area contributed by atoms with Crippen molar-refractivity contribution in [2.75, 3.05) is 46.9 Å². The summed E-state index contributed by atoms with van der Waals surface area (Å²) in [4.78, 5) is 8.72. The number of ether oxygens (including phenoxy) is 2. The normalized spacial score (nSPS) is 16.7. The molecule has 1 aromatic heterocycles. The van der Waals surface area contributed by atoms with Gasteiger partial charge >= 0.3 is 0 Å². The summed E-state index contributed by atoms with van der Waals surface area (Å²) in [5.74, 6) is 2.01. The Hall–Kier alpha value is -2.29. The van der Waals surface area contributed by atoms with Gasteiger partial charge in [0.05, 0.1) is 32.9 Å². The summed E-state index contributed by atoms with van der Waals surface area (Å²) in [7, 11) is 3.20. The minimum Gasteiger partial charge on any atom is -0.497 e. The Balaban J connectivity index is 1.68. The largest absolute Gasteiger partial charge is 0.497 e. The highest BCUT2D eigenvalue weighted by molar-refractivity contribution is 7.10. The molecule has 0 saturated carbocycles. The molecule has 0 spiro atoms. The molecule has 170 valence electrons. The number of aliphatic imine (C=N–C) groups is 1. The van der Waals surface area contributed by atoms with Gasteiger partial charge in [0.25, 0.3) is 0 Å². The summed E-state index contributed by atoms with van der Waals surface area (Å²) in [5, 5.41) is 19.5. The van der Waals surface area contributed by atoms with E-state index >= 15 is 0 Å². The lowest BCUT2D eigenvalue weighted by molar-refractivity contribution is 0.176. The van der Waals surface area contributed by atoms with Crippen LogP contribution in [0.3, 0.4) is 0 Å². The third kappa shape index (κ3) is 6.35. The molecule has 0 bridgehead atoms. The van der Waals surface area contributed by atoms with Crippen molar-refractivity contribution in [3.63, 3.8) is 0 Å². The van der Waals surface area contributed by atoms with Gasteiger partial charge in [-0.3, -0.25) is 9.89 Å². The first-order valence-electron chi connectivity index (χ1n) is 10.9. The van der Waals surface area contributed by atoms with Crippen LogP contribution in [-0.4, -0.2) is 62.9 Å². The van der Waals surface area contributed by atoms with Crippen LogP contribution >= 0.6 is 11.3 Å². The van der Waals surface area contributed by atoms with Crippen molar-refractivity contribution >= 4 is 17.3 Å². The Kier molecular flexibility index (Phi) is 8.99. The first kappa shape index (κ1) is 23.4. The van der Waals surface area contributed by atoms with Crippen LogP contribution in [0.1, 0.15) is 42.4 Å². The zero-order valence-electron chi connectivity index (χ0n) is 18.6. The number of guanidine groups is 1. The molecule has 7 nitrogen and oxygen atoms in total. The van der Waals surface area contributed by atoms with Crippen molar-refractivity contribution in [1.82, 2.24) is 15.5 Å². The summed E-state index contributed by atoms with van der Waals surface area (Å²) >= 11 is 1.79. The molecule has 1 saturated heterocycles. The van der Waals surface area contributed by atoms with E-state index in [0.717, 1.165) is 19.6 Å². The maximum Gasteiger partial charge on any atom is 0.191 e. The van der Waals surface area contributed by atoms with Gasteiger partial charge in [0.1, 0.15) is 11.5 Å². The SMILES string of the molecule is CCNC(=NCC(c1cccs1)N1CCCC1)NCC(O)c1cc(OC)ccc1OC. The molecule has 0 aliphatic carbocycles. The third-order valence-electron chi connectivity index (χ3n) is 5.48. The van der Waals surface area contributed by atoms with E-state index in [2.05, 4.69) is 33.0 Å². The molecule has 3 N–H and O–H groups in total. The smallest absolute Gasteiger partial charge is 0.191 e. The van der Waals surface area contributed by atoms with Crippen molar-refractivity contribution in [3.05, 3.63) is 46.2 Å². The average molecular weight is 447 g/mol. The van der Waals surface area contributed by atoms with E-state index in [0.29, 0.717) is 42.2 Å². The van der Waals surface area contributed by atoms with Gasteiger partial charge < -0.3 is 25.2 Å². The van der Waals surface area contributed by atoms with Crippen molar-refractivity contribution in [2.45, 2.75) is 31.9 Å². The van der Waals surface area contributed by atoms with Crippen LogP contribution in [0.25, 0.3) is 0 Å². The van der Waals surface area contributed by atoms with E-state index in [1.807, 2.05) is 13.0 Å². The number of aliphatic hydroxyl groups excluding tert-OH is 1. The number of nitrogens with zero attached hydrogens (tertiary/aromatic N) is 2. The maximum atomic E-state index is 10.8. The van der Waals surface area contributed by atoms with E-state index in [1.165, 1.54) is 17.7 Å². The van der Waals surface area contributed by atoms with Crippen molar-refractivity contribution < 1.29 is 14.6 Å². The fraction of sp³-hybridized carbons (Fsp3) is 0.522. The van der Waals surface area contributed by atoms with Crippen LogP contribution in [-0.2, 0) is 0 Å². The molecule has 2 heterocycles. The predicted octanol–water partition coefficient (Wildman–Crippen LogP) is 3.19. The highest BCUT2D eigenvalue weighted by Gasteiger charge is 2.24. The van der Waals surface area contributed by atoms with E-state index in [4.69, 9.17) is 14.5 Å². The van der Waals surface area contributed by atoms with E-state index < -0.39 is 6.10 Å². The second-order valence-corrected chi connectivity index (χ2v) is 8.48. The zero-order chi connectivity index (χ0) is 22.1. The highest BCUT2D eigenvalue weighted by Crippen LogP contribution is 2.30. The number of likely N-dealkylation sites (tertiary alicyclic amines) is 1. The number of hydrogen-bond acceptors (Lipinski definition) is 6. The minimum absolute atomic E-state index is 0.293. The minimum atomic E-state index is -0.763. The molecule has 2 atom stereocenters. The standard InChI is InChI=1S/C23H34N4O3S/c1-4-24-23(25-15-19(22-8-7-13-31-22)27-11-5-6-12-27)26-16-20(28)18-14-17(29-2)9-10-21(18)30-3/h7-10,13-14,19-20,28H,4-6,11-12,15-16H2,1-3H3,(H2,24,25,26). The Bertz CT molecular complexity index is 822. The fourth-order valence-corrected chi connectivity index (χ4v) is 4.69. The van der Waals surface area contributed by atoms with Gasteiger partial charge in [-0.25, -0.2) is 0 Å². The molecular formula is C23H34N4O3S. The topological polar surface area (TPSA) is 78.4 Å². The van der Waals surface area contributed by atoms with Gasteiger partial charge in [-0.15, -0.1) is 11.3 Å². The van der Waals surface area contributed by atoms with Gasteiger partial charge in [-0.2, -0.15) is 0 Å². The first-order valence-corrected chi connectivity index (χ1v) is 11.7.